The topological polar surface area (TPSA) is 51.1 Å². The van der Waals surface area contributed by atoms with Gasteiger partial charge in [-0.1, -0.05) is 18.6 Å². The Kier molecular flexibility index (Phi) is 6.79. The van der Waals surface area contributed by atoms with Crippen LogP contribution in [0.4, 0.5) is 0 Å². The van der Waals surface area contributed by atoms with Crippen LogP contribution in [-0.2, 0) is 0 Å². The molecule has 0 radical (unpaired) electrons. The number of thiazole rings is 1. The Balaban J connectivity index is 1.41. The molecule has 29 heavy (non-hydrogen) atoms. The lowest BCUT2D eigenvalue weighted by atomic mass is 10.1. The number of hydrogen-bond donors (Lipinski definition) is 0. The molecule has 1 aromatic carbocycles. The van der Waals surface area contributed by atoms with Gasteiger partial charge in [-0.25, -0.2) is 4.98 Å². The number of rotatable bonds is 7. The zero-order valence-electron chi connectivity index (χ0n) is 16.9. The van der Waals surface area contributed by atoms with Crippen molar-refractivity contribution >= 4 is 23.1 Å². The highest BCUT2D eigenvalue weighted by Gasteiger charge is 2.14. The smallest absolute Gasteiger partial charge is 0.124 e. The van der Waals surface area contributed by atoms with Crippen molar-refractivity contribution < 1.29 is 4.74 Å². The van der Waals surface area contributed by atoms with Gasteiger partial charge in [-0.2, -0.15) is 0 Å². The minimum absolute atomic E-state index is 0.836. The van der Waals surface area contributed by atoms with E-state index in [0.717, 1.165) is 49.9 Å². The van der Waals surface area contributed by atoms with Gasteiger partial charge in [0.2, 0.25) is 0 Å². The molecule has 1 saturated heterocycles. The maximum absolute atomic E-state index is 5.33. The third-order valence-corrected chi connectivity index (χ3v) is 7.22. The third-order valence-electron chi connectivity index (χ3n) is 5.09. The van der Waals surface area contributed by atoms with Crippen LogP contribution in [0.15, 0.2) is 41.4 Å². The number of piperidine rings is 1. The van der Waals surface area contributed by atoms with E-state index in [-0.39, 0.29) is 0 Å². The molecule has 1 aliphatic heterocycles. The van der Waals surface area contributed by atoms with Gasteiger partial charge in [0, 0.05) is 17.9 Å². The minimum atomic E-state index is 0.836. The fourth-order valence-electron chi connectivity index (χ4n) is 3.49. The molecule has 0 saturated carbocycles. The van der Waals surface area contributed by atoms with Crippen LogP contribution in [0.5, 0.6) is 5.75 Å². The van der Waals surface area contributed by atoms with E-state index in [9.17, 15) is 0 Å². The number of ether oxygens (including phenoxy) is 1. The molecule has 0 spiro atoms. The number of thioether (sulfide) groups is 1. The van der Waals surface area contributed by atoms with Crippen molar-refractivity contribution in [1.29, 1.82) is 0 Å². The quantitative estimate of drug-likeness (QED) is 0.486. The Morgan fingerprint density at radius 2 is 1.97 bits per heavy atom. The fourth-order valence-corrected chi connectivity index (χ4v) is 5.34. The maximum Gasteiger partial charge on any atom is 0.124 e. The second-order valence-electron chi connectivity index (χ2n) is 7.17. The number of benzene rings is 1. The molecule has 2 aromatic heterocycles. The Morgan fingerprint density at radius 1 is 1.10 bits per heavy atom. The average Bonchev–Trinajstić information content (AvgIpc) is 3.17. The summed E-state index contributed by atoms with van der Waals surface area (Å²) in [5.41, 5.74) is 2.92. The molecule has 1 aliphatic rings. The van der Waals surface area contributed by atoms with Gasteiger partial charge >= 0.3 is 0 Å². The van der Waals surface area contributed by atoms with Crippen molar-refractivity contribution in [1.82, 2.24) is 20.1 Å². The molecule has 0 unspecified atom stereocenters. The number of hydrogen-bond acceptors (Lipinski definition) is 7. The molecule has 7 heteroatoms. The maximum atomic E-state index is 5.33. The first-order valence-electron chi connectivity index (χ1n) is 10.0. The summed E-state index contributed by atoms with van der Waals surface area (Å²) in [4.78, 5) is 8.37. The van der Waals surface area contributed by atoms with Crippen molar-refractivity contribution in [3.05, 3.63) is 42.1 Å². The molecule has 0 atom stereocenters. The molecule has 4 rings (SSSR count). The zero-order chi connectivity index (χ0) is 20.1. The Labute approximate surface area is 180 Å². The number of aromatic nitrogens is 3. The third kappa shape index (κ3) is 5.15. The van der Waals surface area contributed by atoms with Gasteiger partial charge in [-0.3, -0.25) is 0 Å². The molecular weight excluding hydrogens is 400 g/mol. The van der Waals surface area contributed by atoms with E-state index in [0.29, 0.717) is 0 Å². The van der Waals surface area contributed by atoms with E-state index < -0.39 is 0 Å². The Bertz CT molecular complexity index is 936. The summed E-state index contributed by atoms with van der Waals surface area (Å²) in [6.45, 7) is 5.64. The number of likely N-dealkylation sites (tertiary alicyclic amines) is 1. The molecule has 5 nitrogen and oxygen atoms in total. The number of methoxy groups -OCH3 is 1. The summed E-state index contributed by atoms with van der Waals surface area (Å²) in [7, 11) is 1.68. The lowest BCUT2D eigenvalue weighted by Crippen LogP contribution is -2.31. The van der Waals surface area contributed by atoms with E-state index in [1.165, 1.54) is 32.4 Å². The van der Waals surface area contributed by atoms with E-state index in [2.05, 4.69) is 33.3 Å². The van der Waals surface area contributed by atoms with E-state index in [1.807, 2.05) is 25.1 Å². The molecule has 3 aromatic rings. The summed E-state index contributed by atoms with van der Waals surface area (Å²) in [5.74, 6) is 1.90. The van der Waals surface area contributed by atoms with Crippen LogP contribution in [0.2, 0.25) is 0 Å². The first-order valence-corrected chi connectivity index (χ1v) is 11.8. The van der Waals surface area contributed by atoms with Crippen molar-refractivity contribution in [2.24, 2.45) is 0 Å². The molecule has 3 heterocycles. The van der Waals surface area contributed by atoms with Crippen LogP contribution in [0.3, 0.4) is 0 Å². The molecule has 0 bridgehead atoms. The molecule has 0 aliphatic carbocycles. The van der Waals surface area contributed by atoms with Gasteiger partial charge in [-0.15, -0.1) is 33.3 Å². The van der Waals surface area contributed by atoms with Crippen LogP contribution in [0, 0.1) is 6.92 Å². The van der Waals surface area contributed by atoms with Crippen LogP contribution in [0.1, 0.15) is 25.0 Å². The minimum Gasteiger partial charge on any atom is -0.497 e. The standard InChI is InChI=1S/C22H26N4OS2/c1-16-21(29-22(23-16)17-7-6-8-18(15-17)27-2)19-9-10-20(25-24-19)28-14-13-26-11-4-3-5-12-26/h6-10,15H,3-5,11-14H2,1-2H3. The monoisotopic (exact) mass is 426 g/mol. The van der Waals surface area contributed by atoms with Gasteiger partial charge in [0.1, 0.15) is 21.5 Å². The fraction of sp³-hybridized carbons (Fsp3) is 0.409. The summed E-state index contributed by atoms with van der Waals surface area (Å²) in [6.07, 6.45) is 4.06. The Morgan fingerprint density at radius 3 is 2.72 bits per heavy atom. The summed E-state index contributed by atoms with van der Waals surface area (Å²) in [6, 6.07) is 12.1. The van der Waals surface area contributed by atoms with Crippen molar-refractivity contribution in [2.75, 3.05) is 32.5 Å². The molecule has 0 amide bonds. The molecule has 152 valence electrons. The number of aryl methyl sites for hydroxylation is 1. The SMILES string of the molecule is COc1cccc(-c2nc(C)c(-c3ccc(SCCN4CCCCC4)nn3)s2)c1. The largest absolute Gasteiger partial charge is 0.497 e. The van der Waals surface area contributed by atoms with Gasteiger partial charge in [-0.05, 0) is 57.1 Å². The first kappa shape index (κ1) is 20.3. The molecule has 1 fully saturated rings. The Hall–Kier alpha value is -1.96. The first-order chi connectivity index (χ1) is 14.2. The van der Waals surface area contributed by atoms with Gasteiger partial charge in [0.15, 0.2) is 0 Å². The van der Waals surface area contributed by atoms with E-state index >= 15 is 0 Å². The van der Waals surface area contributed by atoms with Crippen molar-refractivity contribution in [3.8, 4) is 26.9 Å². The predicted molar refractivity (Wildman–Crippen MR) is 121 cm³/mol. The summed E-state index contributed by atoms with van der Waals surface area (Å²) >= 11 is 3.43. The second-order valence-corrected chi connectivity index (χ2v) is 9.29. The van der Waals surface area contributed by atoms with Crippen molar-refractivity contribution in [2.45, 2.75) is 31.2 Å². The summed E-state index contributed by atoms with van der Waals surface area (Å²) in [5, 5.41) is 10.9. The second kappa shape index (κ2) is 9.69. The van der Waals surface area contributed by atoms with Gasteiger partial charge in [0.05, 0.1) is 17.7 Å². The normalized spacial score (nSPS) is 14.8. The van der Waals surface area contributed by atoms with Gasteiger partial charge < -0.3 is 9.64 Å². The van der Waals surface area contributed by atoms with E-state index in [1.54, 1.807) is 30.2 Å². The zero-order valence-corrected chi connectivity index (χ0v) is 18.6. The molecular formula is C22H26N4OS2. The highest BCUT2D eigenvalue weighted by atomic mass is 32.2. The lowest BCUT2D eigenvalue weighted by molar-refractivity contribution is 0.242. The van der Waals surface area contributed by atoms with Crippen LogP contribution in [0.25, 0.3) is 21.1 Å². The highest BCUT2D eigenvalue weighted by Crippen LogP contribution is 2.35. The van der Waals surface area contributed by atoms with Crippen LogP contribution in [-0.4, -0.2) is 52.6 Å². The van der Waals surface area contributed by atoms with Crippen LogP contribution < -0.4 is 4.74 Å². The highest BCUT2D eigenvalue weighted by molar-refractivity contribution is 7.99. The lowest BCUT2D eigenvalue weighted by Gasteiger charge is -2.25. The van der Waals surface area contributed by atoms with E-state index in [4.69, 9.17) is 9.72 Å². The molecule has 0 N–H and O–H groups in total. The predicted octanol–water partition coefficient (Wildman–Crippen LogP) is 5.16. The van der Waals surface area contributed by atoms with Crippen LogP contribution >= 0.6 is 23.1 Å². The van der Waals surface area contributed by atoms with Gasteiger partial charge in [0.25, 0.3) is 0 Å². The van der Waals surface area contributed by atoms with Crippen molar-refractivity contribution in [3.63, 3.8) is 0 Å². The average molecular weight is 427 g/mol. The number of nitrogens with zero attached hydrogens (tertiary/aromatic N) is 4. The summed E-state index contributed by atoms with van der Waals surface area (Å²) < 4.78 is 5.33.